The molecule has 0 amide bonds. The maximum Gasteiger partial charge on any atom is 0.198 e. The fourth-order valence-corrected chi connectivity index (χ4v) is 5.39. The molecule has 3 rings (SSSR count). The Labute approximate surface area is 158 Å². The van der Waals surface area contributed by atoms with Crippen LogP contribution in [-0.2, 0) is 36.5 Å². The topological polar surface area (TPSA) is 60.1 Å². The Morgan fingerprint density at radius 1 is 1.42 bits per heavy atom. The van der Waals surface area contributed by atoms with Crippen molar-refractivity contribution in [2.45, 2.75) is 26.1 Å². The number of hydrogen-bond acceptors (Lipinski definition) is 5. The summed E-state index contributed by atoms with van der Waals surface area (Å²) in [6, 6.07) is 6.51. The van der Waals surface area contributed by atoms with E-state index >= 15 is 0 Å². The van der Waals surface area contributed by atoms with Gasteiger partial charge >= 0.3 is 0 Å². The third kappa shape index (κ3) is 4.57. The van der Waals surface area contributed by atoms with Crippen LogP contribution in [0.2, 0.25) is 0 Å². The summed E-state index contributed by atoms with van der Waals surface area (Å²) in [5.41, 5.74) is 0.881. The molecule has 1 saturated heterocycles. The number of hydrogen-bond donors (Lipinski definition) is 0. The first-order valence-corrected chi connectivity index (χ1v) is 10.7. The molecule has 0 saturated carbocycles. The SMILES string of the molecule is CN(Cc1cccc(F)c1)Cn1nc(C[C@H]2CCS(=O)(=O)C2)n(C)c1=S. The Hall–Kier alpha value is -1.58. The van der Waals surface area contributed by atoms with Gasteiger partial charge in [0.05, 0.1) is 18.2 Å². The number of nitrogens with zero attached hydrogens (tertiary/aromatic N) is 4. The van der Waals surface area contributed by atoms with Gasteiger partial charge in [0.25, 0.3) is 0 Å². The highest BCUT2D eigenvalue weighted by atomic mass is 32.2. The smallest absolute Gasteiger partial charge is 0.198 e. The fraction of sp³-hybridized carbons (Fsp3) is 0.529. The minimum absolute atomic E-state index is 0.106. The summed E-state index contributed by atoms with van der Waals surface area (Å²) in [5, 5.41) is 4.58. The monoisotopic (exact) mass is 398 g/mol. The summed E-state index contributed by atoms with van der Waals surface area (Å²) in [7, 11) is 0.882. The highest BCUT2D eigenvalue weighted by molar-refractivity contribution is 7.91. The number of sulfone groups is 1. The quantitative estimate of drug-likeness (QED) is 0.698. The van der Waals surface area contributed by atoms with E-state index in [9.17, 15) is 12.8 Å². The first-order valence-electron chi connectivity index (χ1n) is 8.49. The zero-order chi connectivity index (χ0) is 18.9. The summed E-state index contributed by atoms with van der Waals surface area (Å²) in [4.78, 5) is 2.00. The van der Waals surface area contributed by atoms with Gasteiger partial charge in [0.2, 0.25) is 0 Å². The van der Waals surface area contributed by atoms with Gasteiger partial charge in [-0.25, -0.2) is 17.5 Å². The molecule has 0 N–H and O–H groups in total. The molecule has 1 aliphatic rings. The Morgan fingerprint density at radius 2 is 2.19 bits per heavy atom. The second-order valence-electron chi connectivity index (χ2n) is 7.02. The molecule has 9 heteroatoms. The van der Waals surface area contributed by atoms with Gasteiger partial charge < -0.3 is 4.57 Å². The minimum atomic E-state index is -2.90. The van der Waals surface area contributed by atoms with Crippen molar-refractivity contribution in [3.8, 4) is 0 Å². The molecule has 142 valence electrons. The summed E-state index contributed by atoms with van der Waals surface area (Å²) in [6.45, 7) is 1.05. The molecule has 6 nitrogen and oxygen atoms in total. The molecule has 1 fully saturated rings. The van der Waals surface area contributed by atoms with E-state index in [4.69, 9.17) is 12.2 Å². The third-order valence-electron chi connectivity index (χ3n) is 4.65. The fourth-order valence-electron chi connectivity index (χ4n) is 3.32. The van der Waals surface area contributed by atoms with Crippen molar-refractivity contribution in [3.63, 3.8) is 0 Å². The Bertz CT molecular complexity index is 952. The van der Waals surface area contributed by atoms with Crippen LogP contribution in [0.25, 0.3) is 0 Å². The van der Waals surface area contributed by atoms with Crippen LogP contribution in [0.1, 0.15) is 17.8 Å². The molecule has 2 heterocycles. The largest absolute Gasteiger partial charge is 0.307 e. The molecule has 0 bridgehead atoms. The predicted octanol–water partition coefficient (Wildman–Crippen LogP) is 2.16. The Kier molecular flexibility index (Phi) is 5.59. The Morgan fingerprint density at radius 3 is 2.85 bits per heavy atom. The van der Waals surface area contributed by atoms with Gasteiger partial charge in [-0.3, -0.25) is 4.90 Å². The van der Waals surface area contributed by atoms with Crippen LogP contribution >= 0.6 is 12.2 Å². The van der Waals surface area contributed by atoms with Gasteiger partial charge in [-0.2, -0.15) is 5.10 Å². The zero-order valence-electron chi connectivity index (χ0n) is 14.9. The molecule has 0 aliphatic carbocycles. The van der Waals surface area contributed by atoms with E-state index in [1.54, 1.807) is 10.7 Å². The number of aromatic nitrogens is 3. The molecule has 1 aliphatic heterocycles. The van der Waals surface area contributed by atoms with Crippen LogP contribution in [0.5, 0.6) is 0 Å². The van der Waals surface area contributed by atoms with Crippen molar-refractivity contribution in [2.24, 2.45) is 13.0 Å². The summed E-state index contributed by atoms with van der Waals surface area (Å²) >= 11 is 5.46. The zero-order valence-corrected chi connectivity index (χ0v) is 16.6. The van der Waals surface area contributed by atoms with E-state index in [2.05, 4.69) is 5.10 Å². The molecule has 2 aromatic rings. The standard InChI is InChI=1S/C17H23FN4O2S2/c1-20(10-13-4-3-5-15(18)8-13)12-22-17(25)21(2)16(19-22)9-14-6-7-26(23,24)11-14/h3-5,8,14H,6-7,9-12H2,1-2H3/t14-/m1/s1. The molecular weight excluding hydrogens is 375 g/mol. The van der Waals surface area contributed by atoms with E-state index in [0.717, 1.165) is 11.4 Å². The van der Waals surface area contributed by atoms with Crippen molar-refractivity contribution in [1.29, 1.82) is 0 Å². The molecule has 1 aromatic carbocycles. The summed E-state index contributed by atoms with van der Waals surface area (Å²) in [5.74, 6) is 1.15. The molecule has 0 radical (unpaired) electrons. The second kappa shape index (κ2) is 7.58. The van der Waals surface area contributed by atoms with Crippen molar-refractivity contribution < 1.29 is 12.8 Å². The first-order chi connectivity index (χ1) is 12.2. The second-order valence-corrected chi connectivity index (χ2v) is 9.61. The average molecular weight is 399 g/mol. The maximum atomic E-state index is 13.3. The van der Waals surface area contributed by atoms with Crippen LogP contribution in [0.3, 0.4) is 0 Å². The van der Waals surface area contributed by atoms with E-state index in [0.29, 0.717) is 30.8 Å². The van der Waals surface area contributed by atoms with Gasteiger partial charge in [-0.05, 0) is 49.3 Å². The Balaban J connectivity index is 1.68. The van der Waals surface area contributed by atoms with Crippen LogP contribution in [0.4, 0.5) is 4.39 Å². The van der Waals surface area contributed by atoms with Gasteiger partial charge in [0.1, 0.15) is 11.6 Å². The highest BCUT2D eigenvalue weighted by Gasteiger charge is 2.29. The van der Waals surface area contributed by atoms with Gasteiger partial charge in [-0.15, -0.1) is 0 Å². The lowest BCUT2D eigenvalue weighted by atomic mass is 10.1. The van der Waals surface area contributed by atoms with E-state index in [1.807, 2.05) is 29.6 Å². The van der Waals surface area contributed by atoms with Crippen LogP contribution in [0, 0.1) is 16.5 Å². The summed E-state index contributed by atoms with van der Waals surface area (Å²) in [6.07, 6.45) is 1.29. The van der Waals surface area contributed by atoms with E-state index in [1.165, 1.54) is 12.1 Å². The normalized spacial score (nSPS) is 19.3. The van der Waals surface area contributed by atoms with E-state index in [-0.39, 0.29) is 23.2 Å². The van der Waals surface area contributed by atoms with Crippen LogP contribution in [0.15, 0.2) is 24.3 Å². The number of benzene rings is 1. The van der Waals surface area contributed by atoms with Crippen LogP contribution in [-0.4, -0.2) is 46.2 Å². The maximum absolute atomic E-state index is 13.3. The van der Waals surface area contributed by atoms with E-state index < -0.39 is 9.84 Å². The third-order valence-corrected chi connectivity index (χ3v) is 6.97. The molecule has 1 atom stereocenters. The molecule has 26 heavy (non-hydrogen) atoms. The van der Waals surface area contributed by atoms with Gasteiger partial charge in [0, 0.05) is 20.0 Å². The number of halogens is 1. The summed E-state index contributed by atoms with van der Waals surface area (Å²) < 4.78 is 40.8. The first kappa shape index (κ1) is 19.2. The molecule has 1 aromatic heterocycles. The van der Waals surface area contributed by atoms with Crippen molar-refractivity contribution >= 4 is 22.1 Å². The minimum Gasteiger partial charge on any atom is -0.307 e. The lowest BCUT2D eigenvalue weighted by Crippen LogP contribution is -2.22. The van der Waals surface area contributed by atoms with Gasteiger partial charge in [0.15, 0.2) is 14.6 Å². The lowest BCUT2D eigenvalue weighted by molar-refractivity contribution is 0.243. The number of rotatable bonds is 6. The lowest BCUT2D eigenvalue weighted by Gasteiger charge is -2.16. The van der Waals surface area contributed by atoms with Gasteiger partial charge in [-0.1, -0.05) is 12.1 Å². The average Bonchev–Trinajstić information content (AvgIpc) is 3.02. The predicted molar refractivity (Wildman–Crippen MR) is 100 cm³/mol. The van der Waals surface area contributed by atoms with Crippen LogP contribution < -0.4 is 0 Å². The molecule has 0 unspecified atom stereocenters. The van der Waals surface area contributed by atoms with Crippen molar-refractivity contribution in [1.82, 2.24) is 19.2 Å². The molecular formula is C17H23FN4O2S2. The van der Waals surface area contributed by atoms with Crippen molar-refractivity contribution in [2.75, 3.05) is 18.6 Å². The molecule has 0 spiro atoms. The van der Waals surface area contributed by atoms with Crippen molar-refractivity contribution in [3.05, 3.63) is 46.2 Å². The highest BCUT2D eigenvalue weighted by Crippen LogP contribution is 2.22.